The van der Waals surface area contributed by atoms with E-state index in [1.165, 1.54) is 0 Å². The maximum Gasteiger partial charge on any atom is 0.254 e. The van der Waals surface area contributed by atoms with Gasteiger partial charge in [-0.3, -0.25) is 4.79 Å². The van der Waals surface area contributed by atoms with Crippen LogP contribution in [0.5, 0.6) is 17.2 Å². The SMILES string of the molecule is COc1ccc(-c2nc3cccnc3n2[C@@H]2CCN(C(=O)c3ccc4c(c3)OCO4)C2)cc1. The molecule has 4 heterocycles. The molecule has 0 N–H and O–H groups in total. The predicted molar refractivity (Wildman–Crippen MR) is 122 cm³/mol. The molecule has 0 aliphatic carbocycles. The second-order valence-corrected chi connectivity index (χ2v) is 8.14. The molecule has 0 spiro atoms. The number of rotatable bonds is 4. The first-order chi connectivity index (χ1) is 16.2. The van der Waals surface area contributed by atoms with Crippen molar-refractivity contribution in [2.45, 2.75) is 12.5 Å². The first kappa shape index (κ1) is 19.6. The van der Waals surface area contributed by atoms with E-state index in [0.29, 0.717) is 30.2 Å². The number of ether oxygens (including phenoxy) is 3. The summed E-state index contributed by atoms with van der Waals surface area (Å²) in [5, 5.41) is 0. The van der Waals surface area contributed by atoms with E-state index in [9.17, 15) is 4.79 Å². The van der Waals surface area contributed by atoms with Crippen LogP contribution in [0, 0.1) is 0 Å². The fourth-order valence-corrected chi connectivity index (χ4v) is 4.57. The largest absolute Gasteiger partial charge is 0.497 e. The van der Waals surface area contributed by atoms with E-state index < -0.39 is 0 Å². The Morgan fingerprint density at radius 2 is 1.94 bits per heavy atom. The molecule has 0 radical (unpaired) electrons. The highest BCUT2D eigenvalue weighted by molar-refractivity contribution is 5.95. The topological polar surface area (TPSA) is 78.7 Å². The third-order valence-corrected chi connectivity index (χ3v) is 6.23. The van der Waals surface area contributed by atoms with Gasteiger partial charge >= 0.3 is 0 Å². The van der Waals surface area contributed by atoms with Gasteiger partial charge in [0.15, 0.2) is 17.1 Å². The van der Waals surface area contributed by atoms with Crippen LogP contribution in [0.4, 0.5) is 0 Å². The Kier molecular flexibility index (Phi) is 4.64. The Balaban J connectivity index is 1.32. The van der Waals surface area contributed by atoms with Crippen molar-refractivity contribution in [1.29, 1.82) is 0 Å². The van der Waals surface area contributed by atoms with E-state index in [-0.39, 0.29) is 18.7 Å². The summed E-state index contributed by atoms with van der Waals surface area (Å²) in [4.78, 5) is 24.6. The molecule has 0 unspecified atom stereocenters. The third-order valence-electron chi connectivity index (χ3n) is 6.23. The van der Waals surface area contributed by atoms with Crippen LogP contribution >= 0.6 is 0 Å². The zero-order valence-electron chi connectivity index (χ0n) is 18.1. The molecular weight excluding hydrogens is 420 g/mol. The van der Waals surface area contributed by atoms with Crippen molar-refractivity contribution < 1.29 is 19.0 Å². The molecule has 33 heavy (non-hydrogen) atoms. The van der Waals surface area contributed by atoms with E-state index in [2.05, 4.69) is 9.55 Å². The van der Waals surface area contributed by atoms with E-state index in [0.717, 1.165) is 34.7 Å². The third kappa shape index (κ3) is 3.34. The summed E-state index contributed by atoms with van der Waals surface area (Å²) in [5.74, 6) is 2.91. The Morgan fingerprint density at radius 1 is 1.09 bits per heavy atom. The number of likely N-dealkylation sites (tertiary alicyclic amines) is 1. The predicted octanol–water partition coefficient (Wildman–Crippen LogP) is 3.92. The summed E-state index contributed by atoms with van der Waals surface area (Å²) in [6.45, 7) is 1.43. The average molecular weight is 442 g/mol. The van der Waals surface area contributed by atoms with Crippen molar-refractivity contribution in [3.05, 3.63) is 66.4 Å². The Hall–Kier alpha value is -4.07. The van der Waals surface area contributed by atoms with Crippen LogP contribution in [0.1, 0.15) is 22.8 Å². The quantitative estimate of drug-likeness (QED) is 0.477. The molecule has 1 amide bonds. The number of fused-ring (bicyclic) bond motifs is 2. The minimum Gasteiger partial charge on any atom is -0.497 e. The van der Waals surface area contributed by atoms with Gasteiger partial charge in [0, 0.05) is 30.4 Å². The summed E-state index contributed by atoms with van der Waals surface area (Å²) in [5.41, 5.74) is 3.24. The van der Waals surface area contributed by atoms with Crippen LogP contribution in [0.3, 0.4) is 0 Å². The van der Waals surface area contributed by atoms with Crippen LogP contribution < -0.4 is 14.2 Å². The van der Waals surface area contributed by atoms with Gasteiger partial charge < -0.3 is 23.7 Å². The van der Waals surface area contributed by atoms with Crippen LogP contribution in [0.15, 0.2) is 60.8 Å². The molecule has 4 aromatic rings. The van der Waals surface area contributed by atoms with Gasteiger partial charge in [0.25, 0.3) is 5.91 Å². The normalized spacial score (nSPS) is 17.0. The molecule has 1 saturated heterocycles. The standard InChI is InChI=1S/C25H22N4O4/c1-31-19-7-4-16(5-8-19)23-27-20-3-2-11-26-24(20)29(23)18-10-12-28(14-18)25(30)17-6-9-21-22(13-17)33-15-32-21/h2-9,11,13,18H,10,12,14-15H2,1H3/t18-/m1/s1. The number of hydrogen-bond acceptors (Lipinski definition) is 6. The summed E-state index contributed by atoms with van der Waals surface area (Å²) in [6.07, 6.45) is 2.60. The van der Waals surface area contributed by atoms with Crippen molar-refractivity contribution in [3.63, 3.8) is 0 Å². The highest BCUT2D eigenvalue weighted by atomic mass is 16.7. The van der Waals surface area contributed by atoms with E-state index in [4.69, 9.17) is 19.2 Å². The second-order valence-electron chi connectivity index (χ2n) is 8.14. The number of amides is 1. The lowest BCUT2D eigenvalue weighted by Crippen LogP contribution is -2.29. The number of methoxy groups -OCH3 is 1. The van der Waals surface area contributed by atoms with Crippen LogP contribution in [-0.4, -0.2) is 52.3 Å². The molecule has 6 rings (SSSR count). The number of imidazole rings is 1. The molecule has 0 bridgehead atoms. The number of carbonyl (C=O) groups is 1. The molecule has 166 valence electrons. The highest BCUT2D eigenvalue weighted by Gasteiger charge is 2.32. The van der Waals surface area contributed by atoms with E-state index in [1.54, 1.807) is 31.5 Å². The molecule has 2 aliphatic rings. The molecule has 1 fully saturated rings. The zero-order chi connectivity index (χ0) is 22.4. The monoisotopic (exact) mass is 442 g/mol. The number of hydrogen-bond donors (Lipinski definition) is 0. The number of benzene rings is 2. The zero-order valence-corrected chi connectivity index (χ0v) is 18.1. The average Bonchev–Trinajstić information content (AvgIpc) is 3.61. The van der Waals surface area contributed by atoms with Crippen molar-refractivity contribution in [2.24, 2.45) is 0 Å². The fourth-order valence-electron chi connectivity index (χ4n) is 4.57. The minimum atomic E-state index is -0.0147. The number of aromatic nitrogens is 3. The summed E-state index contributed by atoms with van der Waals surface area (Å²) >= 11 is 0. The smallest absolute Gasteiger partial charge is 0.254 e. The van der Waals surface area contributed by atoms with Crippen molar-refractivity contribution >= 4 is 17.1 Å². The van der Waals surface area contributed by atoms with Gasteiger partial charge in [-0.05, 0) is 61.0 Å². The van der Waals surface area contributed by atoms with Gasteiger partial charge in [-0.25, -0.2) is 9.97 Å². The van der Waals surface area contributed by atoms with Crippen molar-refractivity contribution in [3.8, 4) is 28.6 Å². The Labute approximate surface area is 190 Å². The van der Waals surface area contributed by atoms with Gasteiger partial charge in [0.1, 0.15) is 17.1 Å². The van der Waals surface area contributed by atoms with Gasteiger partial charge in [0.2, 0.25) is 6.79 Å². The maximum absolute atomic E-state index is 13.2. The van der Waals surface area contributed by atoms with E-state index >= 15 is 0 Å². The molecular formula is C25H22N4O4. The van der Waals surface area contributed by atoms with Crippen LogP contribution in [-0.2, 0) is 0 Å². The molecule has 2 aliphatic heterocycles. The summed E-state index contributed by atoms with van der Waals surface area (Å²) < 4.78 is 18.3. The van der Waals surface area contributed by atoms with Crippen LogP contribution in [0.25, 0.3) is 22.6 Å². The van der Waals surface area contributed by atoms with E-state index in [1.807, 2.05) is 41.3 Å². The fraction of sp³-hybridized carbons (Fsp3) is 0.240. The Morgan fingerprint density at radius 3 is 2.79 bits per heavy atom. The summed E-state index contributed by atoms with van der Waals surface area (Å²) in [6, 6.07) is 17.1. The lowest BCUT2D eigenvalue weighted by Gasteiger charge is -2.19. The second kappa shape index (κ2) is 7.81. The van der Waals surface area contributed by atoms with Crippen LogP contribution in [0.2, 0.25) is 0 Å². The molecule has 0 saturated carbocycles. The van der Waals surface area contributed by atoms with Gasteiger partial charge in [-0.15, -0.1) is 0 Å². The van der Waals surface area contributed by atoms with Gasteiger partial charge in [-0.2, -0.15) is 0 Å². The highest BCUT2D eigenvalue weighted by Crippen LogP contribution is 2.35. The molecule has 2 aromatic carbocycles. The Bertz CT molecular complexity index is 1350. The molecule has 1 atom stereocenters. The molecule has 8 heteroatoms. The molecule has 2 aromatic heterocycles. The first-order valence-corrected chi connectivity index (χ1v) is 10.9. The maximum atomic E-state index is 13.2. The van der Waals surface area contributed by atoms with Gasteiger partial charge in [0.05, 0.1) is 13.2 Å². The summed E-state index contributed by atoms with van der Waals surface area (Å²) in [7, 11) is 1.65. The lowest BCUT2D eigenvalue weighted by molar-refractivity contribution is 0.0787. The number of pyridine rings is 1. The minimum absolute atomic E-state index is 0.0147. The molecule has 8 nitrogen and oxygen atoms in total. The van der Waals surface area contributed by atoms with Crippen molar-refractivity contribution in [2.75, 3.05) is 27.0 Å². The van der Waals surface area contributed by atoms with Gasteiger partial charge in [-0.1, -0.05) is 0 Å². The lowest BCUT2D eigenvalue weighted by atomic mass is 10.1. The first-order valence-electron chi connectivity index (χ1n) is 10.9. The van der Waals surface area contributed by atoms with Crippen molar-refractivity contribution in [1.82, 2.24) is 19.4 Å². The number of carbonyl (C=O) groups excluding carboxylic acids is 1. The number of nitrogens with zero attached hydrogens (tertiary/aromatic N) is 4.